The summed E-state index contributed by atoms with van der Waals surface area (Å²) in [5.41, 5.74) is 0.583. The van der Waals surface area contributed by atoms with Gasteiger partial charge in [0.25, 0.3) is 0 Å². The molecule has 0 atom stereocenters. The van der Waals surface area contributed by atoms with Crippen LogP contribution in [-0.2, 0) is 11.2 Å². The molecule has 0 saturated carbocycles. The number of para-hydroxylation sites is 1. The van der Waals surface area contributed by atoms with Crippen molar-refractivity contribution in [2.75, 3.05) is 5.32 Å². The van der Waals surface area contributed by atoms with Crippen molar-refractivity contribution in [3.05, 3.63) is 64.6 Å². The molecule has 0 spiro atoms. The average Bonchev–Trinajstić information content (AvgIpc) is 2.88. The Kier molecular flexibility index (Phi) is 4.22. The molecule has 0 unspecified atom stereocenters. The number of carboxylic acids is 1. The van der Waals surface area contributed by atoms with Gasteiger partial charge in [0.1, 0.15) is 5.82 Å². The van der Waals surface area contributed by atoms with E-state index >= 15 is 0 Å². The largest absolute Gasteiger partial charge is 0.543 e. The Morgan fingerprint density at radius 3 is 2.67 bits per heavy atom. The molecule has 1 heterocycles. The van der Waals surface area contributed by atoms with Crippen molar-refractivity contribution in [3.63, 3.8) is 0 Å². The van der Waals surface area contributed by atoms with Gasteiger partial charge < -0.3 is 20.2 Å². The fraction of sp³-hybridized carbons (Fsp3) is 0.0588. The number of amides is 1. The van der Waals surface area contributed by atoms with Crippen LogP contribution in [0.4, 0.5) is 10.1 Å². The van der Waals surface area contributed by atoms with Crippen LogP contribution in [0.25, 0.3) is 10.9 Å². The van der Waals surface area contributed by atoms with Gasteiger partial charge >= 0.3 is 0 Å². The molecular formula is C17H11ClFN2O3-. The fourth-order valence-electron chi connectivity index (χ4n) is 2.50. The predicted molar refractivity (Wildman–Crippen MR) is 86.4 cm³/mol. The molecule has 0 fully saturated rings. The highest BCUT2D eigenvalue weighted by Gasteiger charge is 2.17. The second-order valence-electron chi connectivity index (χ2n) is 5.16. The Morgan fingerprint density at radius 1 is 1.21 bits per heavy atom. The number of halogens is 2. The van der Waals surface area contributed by atoms with Gasteiger partial charge in [-0.1, -0.05) is 23.7 Å². The van der Waals surface area contributed by atoms with Gasteiger partial charge in [-0.25, -0.2) is 4.39 Å². The van der Waals surface area contributed by atoms with Gasteiger partial charge in [0.05, 0.1) is 23.8 Å². The van der Waals surface area contributed by atoms with E-state index in [1.165, 1.54) is 18.2 Å². The molecule has 24 heavy (non-hydrogen) atoms. The Morgan fingerprint density at radius 2 is 1.96 bits per heavy atom. The summed E-state index contributed by atoms with van der Waals surface area (Å²) in [6.07, 6.45) is -0.266. The third-order valence-electron chi connectivity index (χ3n) is 3.56. The summed E-state index contributed by atoms with van der Waals surface area (Å²) in [7, 11) is 0. The molecule has 3 rings (SSSR count). The lowest BCUT2D eigenvalue weighted by molar-refractivity contribution is -0.255. The molecule has 2 N–H and O–H groups in total. The molecule has 5 nitrogen and oxygen atoms in total. The Balaban J connectivity index is 1.95. The van der Waals surface area contributed by atoms with Crippen molar-refractivity contribution in [2.45, 2.75) is 6.42 Å². The first-order valence-corrected chi connectivity index (χ1v) is 7.39. The van der Waals surface area contributed by atoms with Crippen molar-refractivity contribution in [3.8, 4) is 0 Å². The molecule has 7 heteroatoms. The number of benzene rings is 2. The molecule has 0 aliphatic heterocycles. The number of hydrogen-bond acceptors (Lipinski definition) is 3. The third-order valence-corrected chi connectivity index (χ3v) is 3.79. The number of carbonyl (C=O) groups excluding carboxylic acids is 2. The van der Waals surface area contributed by atoms with E-state index in [1.54, 1.807) is 24.3 Å². The molecular weight excluding hydrogens is 335 g/mol. The molecule has 0 saturated heterocycles. The minimum Gasteiger partial charge on any atom is -0.543 e. The van der Waals surface area contributed by atoms with Gasteiger partial charge in [0.2, 0.25) is 5.91 Å². The van der Waals surface area contributed by atoms with Crippen LogP contribution in [0.1, 0.15) is 16.1 Å². The third kappa shape index (κ3) is 3.09. The summed E-state index contributed by atoms with van der Waals surface area (Å²) < 4.78 is 13.6. The van der Waals surface area contributed by atoms with Crippen LogP contribution in [0.2, 0.25) is 5.02 Å². The zero-order chi connectivity index (χ0) is 17.3. The van der Waals surface area contributed by atoms with E-state index in [0.29, 0.717) is 15.9 Å². The number of nitrogens with one attached hydrogen (secondary N) is 2. The van der Waals surface area contributed by atoms with Gasteiger partial charge in [-0.3, -0.25) is 4.79 Å². The monoisotopic (exact) mass is 345 g/mol. The highest BCUT2D eigenvalue weighted by atomic mass is 35.5. The number of aromatic nitrogens is 1. The zero-order valence-corrected chi connectivity index (χ0v) is 13.0. The summed E-state index contributed by atoms with van der Waals surface area (Å²) in [4.78, 5) is 26.2. The van der Waals surface area contributed by atoms with Crippen LogP contribution in [0.15, 0.2) is 42.5 Å². The Labute approximate surface area is 141 Å². The minimum atomic E-state index is -1.43. The van der Waals surface area contributed by atoms with Gasteiger partial charge in [0.15, 0.2) is 0 Å². The molecule has 1 amide bonds. The smallest absolute Gasteiger partial charge is 0.228 e. The SMILES string of the molecule is O=C(Cc1c(C(=O)[O-])[nH]c2ccc(Cl)cc12)Nc1ccccc1F. The number of fused-ring (bicyclic) bond motifs is 1. The van der Waals surface area contributed by atoms with Crippen LogP contribution >= 0.6 is 11.6 Å². The molecule has 0 aliphatic rings. The lowest BCUT2D eigenvalue weighted by Gasteiger charge is -2.08. The van der Waals surface area contributed by atoms with Crippen molar-refractivity contribution < 1.29 is 19.1 Å². The minimum absolute atomic E-state index is 0.0235. The molecule has 1 aromatic heterocycles. The second-order valence-corrected chi connectivity index (χ2v) is 5.60. The fourth-order valence-corrected chi connectivity index (χ4v) is 2.67. The maximum absolute atomic E-state index is 13.6. The number of hydrogen-bond donors (Lipinski definition) is 2. The van der Waals surface area contributed by atoms with Crippen molar-refractivity contribution >= 4 is 40.1 Å². The van der Waals surface area contributed by atoms with Gasteiger partial charge in [-0.15, -0.1) is 0 Å². The van der Waals surface area contributed by atoms with Crippen LogP contribution in [0.5, 0.6) is 0 Å². The number of H-pyrrole nitrogens is 1. The molecule has 0 aliphatic carbocycles. The van der Waals surface area contributed by atoms with E-state index in [4.69, 9.17) is 11.6 Å². The van der Waals surface area contributed by atoms with Gasteiger partial charge in [-0.2, -0.15) is 0 Å². The lowest BCUT2D eigenvalue weighted by atomic mass is 10.1. The molecule has 0 bridgehead atoms. The summed E-state index contributed by atoms with van der Waals surface area (Å²) in [5, 5.41) is 14.6. The topological polar surface area (TPSA) is 85.0 Å². The standard InChI is InChI=1S/C17H12ClFN2O3/c18-9-5-6-13-10(7-9)11(16(21-13)17(23)24)8-15(22)20-14-4-2-1-3-12(14)19/h1-7,21H,8H2,(H,20,22)(H,23,24)/p-1. The predicted octanol–water partition coefficient (Wildman–Crippen LogP) is 2.51. The van der Waals surface area contributed by atoms with E-state index in [9.17, 15) is 19.1 Å². The van der Waals surface area contributed by atoms with E-state index in [2.05, 4.69) is 10.3 Å². The number of anilines is 1. The molecule has 0 radical (unpaired) electrons. The van der Waals surface area contributed by atoms with Crippen LogP contribution in [0, 0.1) is 5.82 Å². The highest BCUT2D eigenvalue weighted by Crippen LogP contribution is 2.26. The summed E-state index contributed by atoms with van der Waals surface area (Å²) >= 11 is 5.94. The number of carboxylic acid groups (broad SMARTS) is 1. The van der Waals surface area contributed by atoms with Crippen molar-refractivity contribution in [2.24, 2.45) is 0 Å². The quantitative estimate of drug-likeness (QED) is 0.762. The van der Waals surface area contributed by atoms with E-state index < -0.39 is 17.7 Å². The first kappa shape index (κ1) is 16.0. The highest BCUT2D eigenvalue weighted by molar-refractivity contribution is 6.31. The van der Waals surface area contributed by atoms with Crippen molar-refractivity contribution in [1.82, 2.24) is 4.98 Å². The number of aromatic carboxylic acids is 1. The van der Waals surface area contributed by atoms with Crippen LogP contribution in [-0.4, -0.2) is 16.9 Å². The maximum Gasteiger partial charge on any atom is 0.228 e. The maximum atomic E-state index is 13.6. The first-order valence-electron chi connectivity index (χ1n) is 7.01. The average molecular weight is 346 g/mol. The van der Waals surface area contributed by atoms with Crippen LogP contribution < -0.4 is 10.4 Å². The molecule has 122 valence electrons. The van der Waals surface area contributed by atoms with E-state index in [1.807, 2.05) is 0 Å². The zero-order valence-electron chi connectivity index (χ0n) is 12.2. The van der Waals surface area contributed by atoms with Crippen LogP contribution in [0.3, 0.4) is 0 Å². The Hall–Kier alpha value is -2.86. The number of rotatable bonds is 4. The molecule has 2 aromatic carbocycles. The summed E-state index contributed by atoms with van der Waals surface area (Å²) in [6, 6.07) is 10.5. The van der Waals surface area contributed by atoms with Gasteiger partial charge in [-0.05, 0) is 35.9 Å². The normalized spacial score (nSPS) is 10.8. The first-order chi connectivity index (χ1) is 11.5. The van der Waals surface area contributed by atoms with E-state index in [-0.39, 0.29) is 23.4 Å². The Bertz CT molecular complexity index is 952. The second kappa shape index (κ2) is 6.33. The summed E-state index contributed by atoms with van der Waals surface area (Å²) in [5.74, 6) is -2.56. The summed E-state index contributed by atoms with van der Waals surface area (Å²) in [6.45, 7) is 0. The molecule has 3 aromatic rings. The van der Waals surface area contributed by atoms with Gasteiger partial charge in [0, 0.05) is 15.9 Å². The lowest BCUT2D eigenvalue weighted by Crippen LogP contribution is -2.25. The van der Waals surface area contributed by atoms with Crippen molar-refractivity contribution in [1.29, 1.82) is 0 Å². The number of aromatic amines is 1. The van der Waals surface area contributed by atoms with E-state index in [0.717, 1.165) is 0 Å². The number of carbonyl (C=O) groups is 2.